The molecule has 2 N–H and O–H groups in total. The number of piperidine rings is 1. The lowest BCUT2D eigenvalue weighted by atomic mass is 10.1. The molecule has 5 heteroatoms. The SMILES string of the molecule is CCCCCNC(=NC)NCCCOC1CCN(Cc2ccccc2)CC1. The van der Waals surface area contributed by atoms with Crippen molar-refractivity contribution >= 4 is 5.96 Å². The molecule has 1 aliphatic rings. The zero-order valence-electron chi connectivity index (χ0n) is 17.3. The molecule has 0 bridgehead atoms. The number of benzene rings is 1. The van der Waals surface area contributed by atoms with Crippen LogP contribution in [0.2, 0.25) is 0 Å². The fourth-order valence-electron chi connectivity index (χ4n) is 3.41. The minimum absolute atomic E-state index is 0.420. The summed E-state index contributed by atoms with van der Waals surface area (Å²) in [6.07, 6.45) is 7.42. The van der Waals surface area contributed by atoms with Gasteiger partial charge in [0.15, 0.2) is 5.96 Å². The summed E-state index contributed by atoms with van der Waals surface area (Å²) in [4.78, 5) is 6.80. The Labute approximate surface area is 165 Å². The van der Waals surface area contributed by atoms with Crippen LogP contribution in [0.25, 0.3) is 0 Å². The molecule has 0 aliphatic carbocycles. The highest BCUT2D eigenvalue weighted by molar-refractivity contribution is 5.79. The Balaban J connectivity index is 1.49. The summed E-state index contributed by atoms with van der Waals surface area (Å²) in [6, 6.07) is 10.7. The Kier molecular flexibility index (Phi) is 10.9. The average Bonchev–Trinajstić information content (AvgIpc) is 2.71. The maximum Gasteiger partial charge on any atom is 0.190 e. The van der Waals surface area contributed by atoms with E-state index in [-0.39, 0.29) is 0 Å². The van der Waals surface area contributed by atoms with Crippen molar-refractivity contribution in [3.05, 3.63) is 35.9 Å². The molecule has 0 spiro atoms. The molecule has 1 saturated heterocycles. The second-order valence-electron chi connectivity index (χ2n) is 7.32. The Morgan fingerprint density at radius 1 is 1.07 bits per heavy atom. The summed E-state index contributed by atoms with van der Waals surface area (Å²) in [7, 11) is 1.83. The van der Waals surface area contributed by atoms with Gasteiger partial charge in [0.25, 0.3) is 0 Å². The van der Waals surface area contributed by atoms with Crippen LogP contribution in [0.5, 0.6) is 0 Å². The van der Waals surface area contributed by atoms with Crippen molar-refractivity contribution in [3.8, 4) is 0 Å². The monoisotopic (exact) mass is 374 g/mol. The van der Waals surface area contributed by atoms with E-state index in [9.17, 15) is 0 Å². The van der Waals surface area contributed by atoms with Gasteiger partial charge < -0.3 is 15.4 Å². The molecule has 1 aromatic carbocycles. The summed E-state index contributed by atoms with van der Waals surface area (Å²) in [6.45, 7) is 8.26. The van der Waals surface area contributed by atoms with Crippen LogP contribution >= 0.6 is 0 Å². The summed E-state index contributed by atoms with van der Waals surface area (Å²) >= 11 is 0. The van der Waals surface area contributed by atoms with Crippen molar-refractivity contribution in [1.82, 2.24) is 15.5 Å². The zero-order chi connectivity index (χ0) is 19.2. The lowest BCUT2D eigenvalue weighted by molar-refractivity contribution is 0.00534. The second-order valence-corrected chi connectivity index (χ2v) is 7.32. The summed E-state index contributed by atoms with van der Waals surface area (Å²) in [5, 5.41) is 6.73. The van der Waals surface area contributed by atoms with Crippen LogP contribution in [-0.2, 0) is 11.3 Å². The third kappa shape index (κ3) is 9.25. The van der Waals surface area contributed by atoms with Crippen LogP contribution in [0.1, 0.15) is 51.0 Å². The Morgan fingerprint density at radius 2 is 1.78 bits per heavy atom. The fraction of sp³-hybridized carbons (Fsp3) is 0.682. The first-order chi connectivity index (χ1) is 13.3. The van der Waals surface area contributed by atoms with Crippen LogP contribution < -0.4 is 10.6 Å². The molecule has 2 rings (SSSR count). The van der Waals surface area contributed by atoms with Crippen molar-refractivity contribution in [2.75, 3.05) is 39.8 Å². The Morgan fingerprint density at radius 3 is 2.44 bits per heavy atom. The van der Waals surface area contributed by atoms with Crippen LogP contribution in [0.3, 0.4) is 0 Å². The second kappa shape index (κ2) is 13.6. The summed E-state index contributed by atoms with van der Waals surface area (Å²) in [5.41, 5.74) is 1.40. The number of guanidine groups is 1. The molecule has 5 nitrogen and oxygen atoms in total. The van der Waals surface area contributed by atoms with E-state index in [1.807, 2.05) is 7.05 Å². The van der Waals surface area contributed by atoms with Gasteiger partial charge in [0.1, 0.15) is 0 Å². The van der Waals surface area contributed by atoms with E-state index in [4.69, 9.17) is 4.74 Å². The number of likely N-dealkylation sites (tertiary alicyclic amines) is 1. The molecule has 0 unspecified atom stereocenters. The number of nitrogens with one attached hydrogen (secondary N) is 2. The normalized spacial score (nSPS) is 16.4. The largest absolute Gasteiger partial charge is 0.378 e. The highest BCUT2D eigenvalue weighted by Crippen LogP contribution is 2.16. The molecule has 0 amide bonds. The minimum Gasteiger partial charge on any atom is -0.378 e. The van der Waals surface area contributed by atoms with Crippen LogP contribution in [-0.4, -0.2) is 56.8 Å². The molecule has 0 radical (unpaired) electrons. The predicted octanol–water partition coefficient (Wildman–Crippen LogP) is 3.41. The maximum atomic E-state index is 6.08. The minimum atomic E-state index is 0.420. The van der Waals surface area contributed by atoms with E-state index in [1.165, 1.54) is 24.8 Å². The van der Waals surface area contributed by atoms with Crippen molar-refractivity contribution in [3.63, 3.8) is 0 Å². The first-order valence-corrected chi connectivity index (χ1v) is 10.6. The Hall–Kier alpha value is -1.59. The van der Waals surface area contributed by atoms with Crippen molar-refractivity contribution in [1.29, 1.82) is 0 Å². The lowest BCUT2D eigenvalue weighted by Gasteiger charge is -2.32. The summed E-state index contributed by atoms with van der Waals surface area (Å²) < 4.78 is 6.08. The van der Waals surface area contributed by atoms with Crippen molar-refractivity contribution in [2.24, 2.45) is 4.99 Å². The quantitative estimate of drug-likeness (QED) is 0.354. The molecule has 1 aromatic rings. The molecule has 1 fully saturated rings. The third-order valence-corrected chi connectivity index (χ3v) is 5.05. The van der Waals surface area contributed by atoms with Gasteiger partial charge in [0.05, 0.1) is 6.10 Å². The van der Waals surface area contributed by atoms with E-state index in [2.05, 4.69) is 57.8 Å². The van der Waals surface area contributed by atoms with Gasteiger partial charge in [-0.3, -0.25) is 9.89 Å². The zero-order valence-corrected chi connectivity index (χ0v) is 17.3. The van der Waals surface area contributed by atoms with Gasteiger partial charge in [-0.2, -0.15) is 0 Å². The van der Waals surface area contributed by atoms with Crippen LogP contribution in [0.15, 0.2) is 35.3 Å². The highest BCUT2D eigenvalue weighted by Gasteiger charge is 2.19. The molecule has 27 heavy (non-hydrogen) atoms. The number of rotatable bonds is 11. The molecular weight excluding hydrogens is 336 g/mol. The predicted molar refractivity (Wildman–Crippen MR) is 114 cm³/mol. The van der Waals surface area contributed by atoms with Gasteiger partial charge in [0.2, 0.25) is 0 Å². The smallest absolute Gasteiger partial charge is 0.190 e. The van der Waals surface area contributed by atoms with E-state index in [1.54, 1.807) is 0 Å². The number of unbranched alkanes of at least 4 members (excludes halogenated alkanes) is 2. The van der Waals surface area contributed by atoms with E-state index < -0.39 is 0 Å². The number of nitrogens with zero attached hydrogens (tertiary/aromatic N) is 2. The molecule has 1 heterocycles. The highest BCUT2D eigenvalue weighted by atomic mass is 16.5. The number of hydrogen-bond acceptors (Lipinski definition) is 3. The standard InChI is InChI=1S/C22H38N4O/c1-3-4-8-14-24-22(23-2)25-15-9-18-27-21-12-16-26(17-13-21)19-20-10-6-5-7-11-20/h5-7,10-11,21H,3-4,8-9,12-19H2,1-2H3,(H2,23,24,25). The van der Waals surface area contributed by atoms with Gasteiger partial charge in [0, 0.05) is 46.4 Å². The van der Waals surface area contributed by atoms with Gasteiger partial charge >= 0.3 is 0 Å². The maximum absolute atomic E-state index is 6.08. The van der Waals surface area contributed by atoms with Gasteiger partial charge in [-0.15, -0.1) is 0 Å². The number of aliphatic imine (C=N–C) groups is 1. The topological polar surface area (TPSA) is 48.9 Å². The lowest BCUT2D eigenvalue weighted by Crippen LogP contribution is -2.39. The van der Waals surface area contributed by atoms with Gasteiger partial charge in [-0.1, -0.05) is 50.1 Å². The first-order valence-electron chi connectivity index (χ1n) is 10.6. The molecule has 0 saturated carbocycles. The van der Waals surface area contributed by atoms with Gasteiger partial charge in [-0.25, -0.2) is 0 Å². The van der Waals surface area contributed by atoms with Crippen molar-refractivity contribution < 1.29 is 4.74 Å². The summed E-state index contributed by atoms with van der Waals surface area (Å²) in [5.74, 6) is 0.903. The molecule has 0 atom stereocenters. The van der Waals surface area contributed by atoms with E-state index in [0.717, 1.165) is 64.6 Å². The number of ether oxygens (including phenoxy) is 1. The molecular formula is C22H38N4O. The number of hydrogen-bond donors (Lipinski definition) is 2. The molecule has 152 valence electrons. The van der Waals surface area contributed by atoms with E-state index >= 15 is 0 Å². The van der Waals surface area contributed by atoms with Crippen LogP contribution in [0.4, 0.5) is 0 Å². The van der Waals surface area contributed by atoms with Crippen LogP contribution in [0, 0.1) is 0 Å². The average molecular weight is 375 g/mol. The van der Waals surface area contributed by atoms with Gasteiger partial charge in [-0.05, 0) is 31.2 Å². The fourth-order valence-corrected chi connectivity index (χ4v) is 3.41. The van der Waals surface area contributed by atoms with E-state index in [0.29, 0.717) is 6.10 Å². The molecule has 0 aromatic heterocycles. The Bertz CT molecular complexity index is 512. The molecule has 1 aliphatic heterocycles. The van der Waals surface area contributed by atoms with Crippen molar-refractivity contribution in [2.45, 2.75) is 58.1 Å². The first kappa shape index (κ1) is 21.7. The third-order valence-electron chi connectivity index (χ3n) is 5.05.